The van der Waals surface area contributed by atoms with Crippen molar-refractivity contribution in [2.45, 2.75) is 0 Å². The van der Waals surface area contributed by atoms with Gasteiger partial charge in [0.15, 0.2) is 0 Å². The molecular weight excluding hydrogens is 146 g/mol. The third-order valence-electron chi connectivity index (χ3n) is 2.08. The van der Waals surface area contributed by atoms with Crippen molar-refractivity contribution in [1.82, 2.24) is 0 Å². The molecule has 1 heteroatoms. The summed E-state index contributed by atoms with van der Waals surface area (Å²) in [5.74, 6) is 0. The molecule has 0 spiro atoms. The number of hydrogen-bond acceptors (Lipinski definition) is 1. The Morgan fingerprint density at radius 2 is 1.92 bits per heavy atom. The first-order chi connectivity index (χ1) is 5.77. The third-order valence-corrected chi connectivity index (χ3v) is 2.08. The van der Waals surface area contributed by atoms with Crippen molar-refractivity contribution in [3.8, 4) is 0 Å². The molecule has 0 atom stereocenters. The van der Waals surface area contributed by atoms with Gasteiger partial charge in [0.2, 0.25) is 0 Å². The van der Waals surface area contributed by atoms with Gasteiger partial charge in [-0.3, -0.25) is 0 Å². The van der Waals surface area contributed by atoms with E-state index in [9.17, 15) is 0 Å². The second-order valence-corrected chi connectivity index (χ2v) is 2.99. The first-order valence-electron chi connectivity index (χ1n) is 4.00. The molecule has 0 radical (unpaired) electrons. The molecule has 0 bridgehead atoms. The molecule has 0 aromatic heterocycles. The van der Waals surface area contributed by atoms with Crippen molar-refractivity contribution in [3.63, 3.8) is 0 Å². The van der Waals surface area contributed by atoms with Gasteiger partial charge >= 0.3 is 0 Å². The Morgan fingerprint density at radius 3 is 2.75 bits per heavy atom. The van der Waals surface area contributed by atoms with Crippen molar-refractivity contribution >= 4 is 24.9 Å². The molecule has 60 valence electrons. The van der Waals surface area contributed by atoms with E-state index in [1.165, 1.54) is 5.56 Å². The van der Waals surface area contributed by atoms with Gasteiger partial charge in [-0.15, -0.1) is 0 Å². The number of rotatable bonds is 0. The third kappa shape index (κ3) is 1.03. The maximum Gasteiger partial charge on any atom is 0.0422 e. The largest absolute Gasteiger partial charge is 0.381 e. The van der Waals surface area contributed by atoms with E-state index in [0.717, 1.165) is 22.7 Å². The molecule has 0 unspecified atom stereocenters. The zero-order valence-corrected chi connectivity index (χ0v) is 6.93. The number of nitrogens with one attached hydrogen (secondary N) is 1. The second-order valence-electron chi connectivity index (χ2n) is 2.99. The van der Waals surface area contributed by atoms with Crippen LogP contribution in [0.15, 0.2) is 18.2 Å². The van der Waals surface area contributed by atoms with Crippen molar-refractivity contribution in [1.29, 1.82) is 0 Å². The molecule has 1 aromatic rings. The summed E-state index contributed by atoms with van der Waals surface area (Å²) in [5.41, 5.74) is 2.37. The normalized spacial score (nSPS) is 13.7. The van der Waals surface area contributed by atoms with E-state index < -0.39 is 0 Å². The van der Waals surface area contributed by atoms with Crippen LogP contribution in [-0.2, 0) is 0 Å². The van der Waals surface area contributed by atoms with Gasteiger partial charge in [0.25, 0.3) is 0 Å². The highest BCUT2D eigenvalue weighted by molar-refractivity contribution is 5.70. The van der Waals surface area contributed by atoms with E-state index in [2.05, 4.69) is 36.7 Å². The summed E-state index contributed by atoms with van der Waals surface area (Å²) in [6.07, 6.45) is 4.21. The van der Waals surface area contributed by atoms with Gasteiger partial charge in [0, 0.05) is 12.2 Å². The number of anilines is 1. The molecule has 0 fully saturated rings. The van der Waals surface area contributed by atoms with Gasteiger partial charge in [0.05, 0.1) is 0 Å². The average Bonchev–Trinajstić information content (AvgIpc) is 2.07. The summed E-state index contributed by atoms with van der Waals surface area (Å²) in [7, 11) is 0. The Hall–Kier alpha value is -1.50. The SMILES string of the molecule is C=c1cc2c(cc1=C)NCC=C2. The van der Waals surface area contributed by atoms with E-state index in [1.807, 2.05) is 6.07 Å². The van der Waals surface area contributed by atoms with Gasteiger partial charge < -0.3 is 5.32 Å². The lowest BCUT2D eigenvalue weighted by molar-refractivity contribution is 1.30. The molecule has 0 saturated carbocycles. The molecule has 1 N–H and O–H groups in total. The van der Waals surface area contributed by atoms with Gasteiger partial charge in [-0.05, 0) is 28.1 Å². The Balaban J connectivity index is 2.74. The molecule has 1 aromatic carbocycles. The van der Waals surface area contributed by atoms with Crippen molar-refractivity contribution in [2.75, 3.05) is 11.9 Å². The van der Waals surface area contributed by atoms with E-state index in [-0.39, 0.29) is 0 Å². The number of fused-ring (bicyclic) bond motifs is 1. The zero-order valence-electron chi connectivity index (χ0n) is 6.93. The van der Waals surface area contributed by atoms with Gasteiger partial charge in [-0.2, -0.15) is 0 Å². The van der Waals surface area contributed by atoms with Crippen LogP contribution in [0.25, 0.3) is 19.2 Å². The summed E-state index contributed by atoms with van der Waals surface area (Å²) in [6.45, 7) is 8.71. The molecule has 0 aliphatic carbocycles. The minimum Gasteiger partial charge on any atom is -0.381 e. The van der Waals surface area contributed by atoms with Crippen LogP contribution in [0.2, 0.25) is 0 Å². The van der Waals surface area contributed by atoms with E-state index >= 15 is 0 Å². The molecule has 0 saturated heterocycles. The Morgan fingerprint density at radius 1 is 1.17 bits per heavy atom. The van der Waals surface area contributed by atoms with Crippen LogP contribution in [0, 0.1) is 0 Å². The molecule has 1 heterocycles. The lowest BCUT2D eigenvalue weighted by Gasteiger charge is -2.12. The van der Waals surface area contributed by atoms with Crippen LogP contribution in [0.3, 0.4) is 0 Å². The fraction of sp³-hybridized carbons (Fsp3) is 0.0909. The smallest absolute Gasteiger partial charge is 0.0422 e. The van der Waals surface area contributed by atoms with E-state index in [4.69, 9.17) is 0 Å². The fourth-order valence-corrected chi connectivity index (χ4v) is 1.35. The van der Waals surface area contributed by atoms with Crippen LogP contribution < -0.4 is 15.8 Å². The minimum atomic E-state index is 0.906. The first-order valence-corrected chi connectivity index (χ1v) is 4.00. The summed E-state index contributed by atoms with van der Waals surface area (Å²) in [5, 5.41) is 5.27. The van der Waals surface area contributed by atoms with Crippen LogP contribution in [0.5, 0.6) is 0 Å². The van der Waals surface area contributed by atoms with Gasteiger partial charge in [-0.1, -0.05) is 25.3 Å². The van der Waals surface area contributed by atoms with Crippen LogP contribution in [0.4, 0.5) is 5.69 Å². The van der Waals surface area contributed by atoms with Crippen LogP contribution in [0.1, 0.15) is 5.56 Å². The molecule has 0 amide bonds. The highest BCUT2D eigenvalue weighted by Gasteiger charge is 2.01. The zero-order chi connectivity index (χ0) is 8.55. The summed E-state index contributed by atoms with van der Waals surface area (Å²) >= 11 is 0. The van der Waals surface area contributed by atoms with Crippen LogP contribution >= 0.6 is 0 Å². The first kappa shape index (κ1) is 7.17. The topological polar surface area (TPSA) is 12.0 Å². The highest BCUT2D eigenvalue weighted by Crippen LogP contribution is 2.15. The lowest BCUT2D eigenvalue weighted by atomic mass is 10.1. The van der Waals surface area contributed by atoms with E-state index in [1.54, 1.807) is 0 Å². The van der Waals surface area contributed by atoms with Crippen molar-refractivity contribution in [2.24, 2.45) is 0 Å². The quantitative estimate of drug-likeness (QED) is 0.591. The number of benzene rings is 1. The Labute approximate surface area is 71.7 Å². The standard InChI is InChI=1S/C11H11N/c1-8-6-10-4-3-5-12-11(10)7-9(8)2/h3-4,6-7,12H,1-2,5H2. The van der Waals surface area contributed by atoms with E-state index in [0.29, 0.717) is 0 Å². The molecule has 1 aliphatic rings. The average molecular weight is 157 g/mol. The maximum atomic E-state index is 3.90. The maximum absolute atomic E-state index is 3.90. The Bertz CT molecular complexity index is 429. The predicted molar refractivity (Wildman–Crippen MR) is 54.3 cm³/mol. The number of hydrogen-bond donors (Lipinski definition) is 1. The van der Waals surface area contributed by atoms with Crippen LogP contribution in [-0.4, -0.2) is 6.54 Å². The Kier molecular flexibility index (Phi) is 1.51. The van der Waals surface area contributed by atoms with Gasteiger partial charge in [-0.25, -0.2) is 0 Å². The summed E-state index contributed by atoms with van der Waals surface area (Å²) in [6, 6.07) is 4.10. The minimum absolute atomic E-state index is 0.906. The molecule has 12 heavy (non-hydrogen) atoms. The molecule has 1 aliphatic heterocycles. The molecule has 1 nitrogen and oxygen atoms in total. The molecular formula is C11H11N. The molecule has 2 rings (SSSR count). The lowest BCUT2D eigenvalue weighted by Crippen LogP contribution is -2.23. The fourth-order valence-electron chi connectivity index (χ4n) is 1.35. The predicted octanol–water partition coefficient (Wildman–Crippen LogP) is 0.946. The highest BCUT2D eigenvalue weighted by atomic mass is 14.9. The van der Waals surface area contributed by atoms with Crippen molar-refractivity contribution < 1.29 is 0 Å². The van der Waals surface area contributed by atoms with Gasteiger partial charge in [0.1, 0.15) is 0 Å². The monoisotopic (exact) mass is 157 g/mol. The summed E-state index contributed by atoms with van der Waals surface area (Å²) < 4.78 is 0. The van der Waals surface area contributed by atoms with Crippen molar-refractivity contribution in [3.05, 3.63) is 34.2 Å². The second kappa shape index (κ2) is 2.52. The summed E-state index contributed by atoms with van der Waals surface area (Å²) in [4.78, 5) is 0.